The van der Waals surface area contributed by atoms with Crippen LogP contribution in [0.5, 0.6) is 11.5 Å². The Morgan fingerprint density at radius 3 is 2.36 bits per heavy atom. The number of aromatic hydroxyl groups is 1. The van der Waals surface area contributed by atoms with E-state index in [9.17, 15) is 9.67 Å². The van der Waals surface area contributed by atoms with E-state index in [0.29, 0.717) is 17.9 Å². The topological polar surface area (TPSA) is 87.0 Å². The Labute approximate surface area is 148 Å². The highest BCUT2D eigenvalue weighted by atomic mass is 31.2. The smallest absolute Gasteiger partial charge is 0.362 e. The van der Waals surface area contributed by atoms with Gasteiger partial charge in [-0.25, -0.2) is 0 Å². The van der Waals surface area contributed by atoms with Crippen molar-refractivity contribution in [3.8, 4) is 11.5 Å². The second kappa shape index (κ2) is 7.61. The summed E-state index contributed by atoms with van der Waals surface area (Å²) in [5.74, 6) is 1.04. The van der Waals surface area contributed by atoms with Crippen LogP contribution in [0, 0.1) is 13.8 Å². The molecule has 0 aromatic heterocycles. The number of rotatable bonds is 6. The predicted octanol–water partition coefficient (Wildman–Crippen LogP) is 4.24. The van der Waals surface area contributed by atoms with Gasteiger partial charge < -0.3 is 19.6 Å². The van der Waals surface area contributed by atoms with Crippen LogP contribution >= 0.6 is 7.60 Å². The largest absolute Gasteiger partial charge is 0.508 e. The number of benzene rings is 2. The van der Waals surface area contributed by atoms with E-state index >= 15 is 0 Å². The van der Waals surface area contributed by atoms with Gasteiger partial charge in [-0.2, -0.15) is 0 Å². The standard InChI is InChI=1S/C19H25O5P/c1-12(2)17-10-15(5-6-18(17)20)9-16-7-14(4)19(8-13(16)3)24-11-25(21,22)23/h5-8,10,12,20H,9,11H2,1-4H3,(H2,21,22,23). The van der Waals surface area contributed by atoms with E-state index in [-0.39, 0.29) is 5.92 Å². The molecule has 6 heteroatoms. The number of aryl methyl sites for hydroxylation is 2. The molecule has 0 unspecified atom stereocenters. The van der Waals surface area contributed by atoms with Crippen molar-refractivity contribution in [3.05, 3.63) is 58.1 Å². The van der Waals surface area contributed by atoms with Crippen LogP contribution in [0.25, 0.3) is 0 Å². The molecule has 0 fully saturated rings. The lowest BCUT2D eigenvalue weighted by Gasteiger charge is -2.15. The fraction of sp³-hybridized carbons (Fsp3) is 0.368. The summed E-state index contributed by atoms with van der Waals surface area (Å²) in [5.41, 5.74) is 4.96. The van der Waals surface area contributed by atoms with Gasteiger partial charge in [0.1, 0.15) is 11.5 Å². The van der Waals surface area contributed by atoms with Crippen molar-refractivity contribution in [3.63, 3.8) is 0 Å². The van der Waals surface area contributed by atoms with Crippen molar-refractivity contribution < 1.29 is 24.2 Å². The van der Waals surface area contributed by atoms with Gasteiger partial charge in [0, 0.05) is 0 Å². The molecule has 0 bridgehead atoms. The van der Waals surface area contributed by atoms with Crippen molar-refractivity contribution >= 4 is 7.60 Å². The van der Waals surface area contributed by atoms with E-state index in [1.807, 2.05) is 52.0 Å². The van der Waals surface area contributed by atoms with Crippen LogP contribution in [-0.4, -0.2) is 21.2 Å². The fourth-order valence-electron chi connectivity index (χ4n) is 2.75. The SMILES string of the molecule is Cc1cc(OCP(=O)(O)O)c(C)cc1Cc1ccc(O)c(C(C)C)c1. The lowest BCUT2D eigenvalue weighted by atomic mass is 9.94. The van der Waals surface area contributed by atoms with Crippen LogP contribution in [0.3, 0.4) is 0 Å². The number of phenols is 1. The van der Waals surface area contributed by atoms with Gasteiger partial charge in [0.05, 0.1) is 0 Å². The third-order valence-electron chi connectivity index (χ3n) is 4.13. The molecule has 2 rings (SSSR count). The Bertz CT molecular complexity index is 808. The van der Waals surface area contributed by atoms with Crippen LogP contribution in [0.15, 0.2) is 30.3 Å². The Balaban J connectivity index is 2.25. The van der Waals surface area contributed by atoms with Gasteiger partial charge in [0.2, 0.25) is 0 Å². The van der Waals surface area contributed by atoms with Crippen molar-refractivity contribution in [2.45, 2.75) is 40.0 Å². The van der Waals surface area contributed by atoms with Gasteiger partial charge in [0.15, 0.2) is 6.35 Å². The average molecular weight is 364 g/mol. The summed E-state index contributed by atoms with van der Waals surface area (Å²) in [4.78, 5) is 17.9. The quantitative estimate of drug-likeness (QED) is 0.668. The molecule has 0 radical (unpaired) electrons. The maximum atomic E-state index is 11.0. The minimum atomic E-state index is -4.20. The molecule has 0 spiro atoms. The van der Waals surface area contributed by atoms with Gasteiger partial charge in [-0.15, -0.1) is 0 Å². The lowest BCUT2D eigenvalue weighted by molar-refractivity contribution is 0.299. The monoisotopic (exact) mass is 364 g/mol. The third kappa shape index (κ3) is 5.33. The first-order valence-electron chi connectivity index (χ1n) is 8.16. The summed E-state index contributed by atoms with van der Waals surface area (Å²) >= 11 is 0. The van der Waals surface area contributed by atoms with E-state index in [1.165, 1.54) is 0 Å². The summed E-state index contributed by atoms with van der Waals surface area (Å²) in [6.07, 6.45) is 0.0911. The Morgan fingerprint density at radius 1 is 1.08 bits per heavy atom. The normalized spacial score (nSPS) is 11.8. The predicted molar refractivity (Wildman–Crippen MR) is 98.5 cm³/mol. The first-order chi connectivity index (χ1) is 11.6. The van der Waals surface area contributed by atoms with E-state index in [1.54, 1.807) is 6.07 Å². The molecule has 0 atom stereocenters. The van der Waals surface area contributed by atoms with Gasteiger partial charge in [-0.1, -0.05) is 32.0 Å². The summed E-state index contributed by atoms with van der Waals surface area (Å²) in [6, 6.07) is 9.45. The van der Waals surface area contributed by atoms with Crippen LogP contribution in [-0.2, 0) is 11.0 Å². The summed E-state index contributed by atoms with van der Waals surface area (Å²) in [5, 5.41) is 9.95. The highest BCUT2D eigenvalue weighted by Crippen LogP contribution is 2.36. The first kappa shape index (κ1) is 19.5. The first-order valence-corrected chi connectivity index (χ1v) is 9.96. The number of phenolic OH excluding ortho intramolecular Hbond substituents is 1. The van der Waals surface area contributed by atoms with E-state index in [0.717, 1.165) is 27.8 Å². The van der Waals surface area contributed by atoms with Crippen LogP contribution in [0.4, 0.5) is 0 Å². The van der Waals surface area contributed by atoms with Gasteiger partial charge in [-0.05, 0) is 66.1 Å². The van der Waals surface area contributed by atoms with Gasteiger partial charge in [-0.3, -0.25) is 4.57 Å². The number of hydrogen-bond acceptors (Lipinski definition) is 3. The molecular weight excluding hydrogens is 339 g/mol. The molecule has 136 valence electrons. The van der Waals surface area contributed by atoms with Gasteiger partial charge in [0.25, 0.3) is 0 Å². The zero-order valence-corrected chi connectivity index (χ0v) is 15.9. The summed E-state index contributed by atoms with van der Waals surface area (Å²) < 4.78 is 16.2. The highest BCUT2D eigenvalue weighted by Gasteiger charge is 2.16. The second-order valence-electron chi connectivity index (χ2n) is 6.71. The molecule has 2 aromatic carbocycles. The molecule has 0 heterocycles. The zero-order valence-electron chi connectivity index (χ0n) is 15.0. The molecule has 0 amide bonds. The lowest BCUT2D eigenvalue weighted by Crippen LogP contribution is -2.02. The Hall–Kier alpha value is -1.81. The highest BCUT2D eigenvalue weighted by molar-refractivity contribution is 7.51. The fourth-order valence-corrected chi connectivity index (χ4v) is 3.05. The van der Waals surface area contributed by atoms with Crippen molar-refractivity contribution in [2.24, 2.45) is 0 Å². The van der Waals surface area contributed by atoms with Crippen molar-refractivity contribution in [2.75, 3.05) is 6.35 Å². The van der Waals surface area contributed by atoms with Gasteiger partial charge >= 0.3 is 7.60 Å². The summed E-state index contributed by atoms with van der Waals surface area (Å²) in [6.45, 7) is 7.89. The number of ether oxygens (including phenoxy) is 1. The molecule has 0 saturated carbocycles. The number of hydrogen-bond donors (Lipinski definition) is 3. The Kier molecular flexibility index (Phi) is 5.94. The Morgan fingerprint density at radius 2 is 1.76 bits per heavy atom. The molecular formula is C19H25O5P. The molecule has 3 N–H and O–H groups in total. The molecule has 0 aliphatic rings. The zero-order chi connectivity index (χ0) is 18.8. The molecule has 2 aromatic rings. The maximum absolute atomic E-state index is 11.0. The average Bonchev–Trinajstić information content (AvgIpc) is 2.50. The van der Waals surface area contributed by atoms with E-state index in [2.05, 4.69) is 0 Å². The molecule has 0 saturated heterocycles. The second-order valence-corrected chi connectivity index (χ2v) is 8.29. The maximum Gasteiger partial charge on any atom is 0.362 e. The summed E-state index contributed by atoms with van der Waals surface area (Å²) in [7, 11) is -4.20. The molecule has 25 heavy (non-hydrogen) atoms. The van der Waals surface area contributed by atoms with Crippen molar-refractivity contribution in [1.82, 2.24) is 0 Å². The van der Waals surface area contributed by atoms with Crippen molar-refractivity contribution in [1.29, 1.82) is 0 Å². The molecule has 0 aliphatic heterocycles. The molecule has 0 aliphatic carbocycles. The van der Waals surface area contributed by atoms with Crippen LogP contribution in [0.1, 0.15) is 47.6 Å². The minimum absolute atomic E-state index is 0.242. The molecule has 5 nitrogen and oxygen atoms in total. The third-order valence-corrected chi connectivity index (χ3v) is 4.60. The van der Waals surface area contributed by atoms with E-state index < -0.39 is 13.9 Å². The van der Waals surface area contributed by atoms with Crippen LogP contribution < -0.4 is 4.74 Å². The minimum Gasteiger partial charge on any atom is -0.508 e. The van der Waals surface area contributed by atoms with E-state index in [4.69, 9.17) is 14.5 Å². The van der Waals surface area contributed by atoms with Crippen LogP contribution in [0.2, 0.25) is 0 Å².